The number of rotatable bonds is 2. The van der Waals surface area contributed by atoms with Crippen LogP contribution in [0.4, 0.5) is 17.6 Å². The molecule has 4 rings (SSSR count). The zero-order valence-corrected chi connectivity index (χ0v) is 18.1. The standard InChI is InChI=1S/C23H24F4N4O/c1-22(2,3)18-12-20-28-17(11-19(23(25,26)27)31(20)29-18)15-7-5-9-30(13-15)21(32)14-6-4-8-16(24)10-14/h4,6,8,10-12,15H,5,7,9,13H2,1-3H3/t15-/m0/s1. The molecule has 3 aromatic rings. The minimum atomic E-state index is -4.61. The van der Waals surface area contributed by atoms with Crippen LogP contribution in [0.3, 0.4) is 0 Å². The van der Waals surface area contributed by atoms with Gasteiger partial charge in [-0.05, 0) is 37.1 Å². The van der Waals surface area contributed by atoms with E-state index in [9.17, 15) is 22.4 Å². The van der Waals surface area contributed by atoms with Gasteiger partial charge in [0.25, 0.3) is 5.91 Å². The third-order valence-electron chi connectivity index (χ3n) is 5.70. The molecule has 0 unspecified atom stereocenters. The molecule has 2 aromatic heterocycles. The van der Waals surface area contributed by atoms with Crippen LogP contribution in [0.1, 0.15) is 67.0 Å². The Kier molecular flexibility index (Phi) is 5.46. The normalized spacial score (nSPS) is 17.7. The maximum atomic E-state index is 13.8. The van der Waals surface area contributed by atoms with Gasteiger partial charge in [-0.3, -0.25) is 4.79 Å². The van der Waals surface area contributed by atoms with E-state index in [1.165, 1.54) is 18.2 Å². The van der Waals surface area contributed by atoms with Crippen molar-refractivity contribution in [2.45, 2.75) is 51.1 Å². The van der Waals surface area contributed by atoms with E-state index in [1.54, 1.807) is 11.0 Å². The van der Waals surface area contributed by atoms with Crippen molar-refractivity contribution in [1.29, 1.82) is 0 Å². The molecule has 32 heavy (non-hydrogen) atoms. The third kappa shape index (κ3) is 4.33. The van der Waals surface area contributed by atoms with E-state index in [1.807, 2.05) is 20.8 Å². The number of fused-ring (bicyclic) bond motifs is 1. The first kappa shape index (κ1) is 22.2. The highest BCUT2D eigenvalue weighted by Crippen LogP contribution is 2.35. The molecule has 3 heterocycles. The highest BCUT2D eigenvalue weighted by Gasteiger charge is 2.37. The van der Waals surface area contributed by atoms with Gasteiger partial charge in [-0.2, -0.15) is 18.3 Å². The first-order valence-electron chi connectivity index (χ1n) is 10.5. The van der Waals surface area contributed by atoms with E-state index in [0.717, 1.165) is 16.6 Å². The van der Waals surface area contributed by atoms with Crippen LogP contribution in [-0.4, -0.2) is 38.5 Å². The summed E-state index contributed by atoms with van der Waals surface area (Å²) in [6.45, 7) is 6.30. The van der Waals surface area contributed by atoms with Crippen LogP contribution in [0, 0.1) is 5.82 Å². The quantitative estimate of drug-likeness (QED) is 0.506. The van der Waals surface area contributed by atoms with Crippen molar-refractivity contribution in [3.63, 3.8) is 0 Å². The highest BCUT2D eigenvalue weighted by atomic mass is 19.4. The lowest BCUT2D eigenvalue weighted by Crippen LogP contribution is -2.39. The van der Waals surface area contributed by atoms with Crippen molar-refractivity contribution < 1.29 is 22.4 Å². The lowest BCUT2D eigenvalue weighted by atomic mass is 9.92. The van der Waals surface area contributed by atoms with Gasteiger partial charge in [-0.15, -0.1) is 0 Å². The van der Waals surface area contributed by atoms with Gasteiger partial charge >= 0.3 is 6.18 Å². The van der Waals surface area contributed by atoms with E-state index in [2.05, 4.69) is 10.1 Å². The smallest absolute Gasteiger partial charge is 0.338 e. The Bertz CT molecular complexity index is 1160. The summed E-state index contributed by atoms with van der Waals surface area (Å²) in [5.74, 6) is -1.22. The minimum Gasteiger partial charge on any atom is -0.338 e. The fourth-order valence-corrected chi connectivity index (χ4v) is 3.98. The van der Waals surface area contributed by atoms with Gasteiger partial charge in [0.1, 0.15) is 11.5 Å². The van der Waals surface area contributed by atoms with Gasteiger partial charge in [0.2, 0.25) is 0 Å². The number of alkyl halides is 3. The summed E-state index contributed by atoms with van der Waals surface area (Å²) in [5.41, 5.74) is -0.179. The number of likely N-dealkylation sites (tertiary alicyclic amines) is 1. The molecular weight excluding hydrogens is 424 g/mol. The number of carbonyl (C=O) groups excluding carboxylic acids is 1. The Hall–Kier alpha value is -2.97. The predicted molar refractivity (Wildman–Crippen MR) is 111 cm³/mol. The lowest BCUT2D eigenvalue weighted by Gasteiger charge is -2.32. The average molecular weight is 448 g/mol. The Labute approximate surface area is 183 Å². The van der Waals surface area contributed by atoms with Crippen molar-refractivity contribution in [3.8, 4) is 0 Å². The number of nitrogens with zero attached hydrogens (tertiary/aromatic N) is 4. The zero-order valence-electron chi connectivity index (χ0n) is 18.1. The van der Waals surface area contributed by atoms with Gasteiger partial charge in [0, 0.05) is 41.7 Å². The van der Waals surface area contributed by atoms with Crippen molar-refractivity contribution in [2.24, 2.45) is 0 Å². The summed E-state index contributed by atoms with van der Waals surface area (Å²) >= 11 is 0. The van der Waals surface area contributed by atoms with Crippen molar-refractivity contribution >= 4 is 11.6 Å². The molecular formula is C23H24F4N4O. The summed E-state index contributed by atoms with van der Waals surface area (Å²) in [6.07, 6.45) is -3.39. The summed E-state index contributed by atoms with van der Waals surface area (Å²) < 4.78 is 55.9. The van der Waals surface area contributed by atoms with Gasteiger partial charge in [0.05, 0.1) is 5.69 Å². The van der Waals surface area contributed by atoms with E-state index in [0.29, 0.717) is 25.1 Å². The number of benzene rings is 1. The number of halogens is 4. The maximum Gasteiger partial charge on any atom is 0.433 e. The molecule has 1 aromatic carbocycles. The zero-order chi connectivity index (χ0) is 23.3. The predicted octanol–water partition coefficient (Wildman–Crippen LogP) is 5.20. The molecule has 0 bridgehead atoms. The number of piperidine rings is 1. The topological polar surface area (TPSA) is 50.5 Å². The van der Waals surface area contributed by atoms with Crippen molar-refractivity contribution in [2.75, 3.05) is 13.1 Å². The Morgan fingerprint density at radius 1 is 1.12 bits per heavy atom. The van der Waals surface area contributed by atoms with E-state index in [4.69, 9.17) is 0 Å². The molecule has 0 saturated carbocycles. The summed E-state index contributed by atoms with van der Waals surface area (Å²) in [6, 6.07) is 8.02. The van der Waals surface area contributed by atoms with Gasteiger partial charge < -0.3 is 4.90 Å². The molecule has 0 N–H and O–H groups in total. The fourth-order valence-electron chi connectivity index (χ4n) is 3.98. The minimum absolute atomic E-state index is 0.133. The Balaban J connectivity index is 1.70. The average Bonchev–Trinajstić information content (AvgIpc) is 3.16. The molecule has 170 valence electrons. The molecule has 0 spiro atoms. The third-order valence-corrected chi connectivity index (χ3v) is 5.70. The van der Waals surface area contributed by atoms with E-state index >= 15 is 0 Å². The van der Waals surface area contributed by atoms with Gasteiger partial charge in [-0.1, -0.05) is 26.8 Å². The van der Waals surface area contributed by atoms with Crippen LogP contribution in [-0.2, 0) is 11.6 Å². The molecule has 5 nitrogen and oxygen atoms in total. The molecule has 1 fully saturated rings. The lowest BCUT2D eigenvalue weighted by molar-refractivity contribution is -0.142. The van der Waals surface area contributed by atoms with Gasteiger partial charge in [-0.25, -0.2) is 13.9 Å². The molecule has 0 aliphatic carbocycles. The maximum absolute atomic E-state index is 13.8. The SMILES string of the molecule is CC(C)(C)c1cc2nc([C@H]3CCCN(C(=O)c4cccc(F)c4)C3)cc(C(F)(F)F)n2n1. The fraction of sp³-hybridized carbons (Fsp3) is 0.435. The van der Waals surface area contributed by atoms with E-state index < -0.39 is 23.1 Å². The second kappa shape index (κ2) is 7.86. The number of hydrogen-bond acceptors (Lipinski definition) is 3. The van der Waals surface area contributed by atoms with Crippen LogP contribution < -0.4 is 0 Å². The van der Waals surface area contributed by atoms with Crippen molar-refractivity contribution in [1.82, 2.24) is 19.5 Å². The number of hydrogen-bond donors (Lipinski definition) is 0. The summed E-state index contributed by atoms with van der Waals surface area (Å²) in [4.78, 5) is 18.9. The second-order valence-corrected chi connectivity index (χ2v) is 9.21. The molecule has 1 saturated heterocycles. The second-order valence-electron chi connectivity index (χ2n) is 9.21. The monoisotopic (exact) mass is 448 g/mol. The molecule has 9 heteroatoms. The number of amides is 1. The first-order chi connectivity index (χ1) is 14.9. The molecule has 0 radical (unpaired) electrons. The van der Waals surface area contributed by atoms with Crippen LogP contribution in [0.5, 0.6) is 0 Å². The van der Waals surface area contributed by atoms with Crippen LogP contribution >= 0.6 is 0 Å². The van der Waals surface area contributed by atoms with Crippen molar-refractivity contribution in [3.05, 3.63) is 64.9 Å². The first-order valence-corrected chi connectivity index (χ1v) is 10.5. The molecule has 1 aliphatic rings. The van der Waals surface area contributed by atoms with Crippen LogP contribution in [0.2, 0.25) is 0 Å². The van der Waals surface area contributed by atoms with Gasteiger partial charge in [0.15, 0.2) is 5.65 Å². The summed E-state index contributed by atoms with van der Waals surface area (Å²) in [7, 11) is 0. The Morgan fingerprint density at radius 3 is 2.53 bits per heavy atom. The van der Waals surface area contributed by atoms with Crippen LogP contribution in [0.15, 0.2) is 36.4 Å². The summed E-state index contributed by atoms with van der Waals surface area (Å²) in [5, 5.41) is 4.16. The Morgan fingerprint density at radius 2 is 1.88 bits per heavy atom. The molecule has 1 amide bonds. The molecule has 1 atom stereocenters. The highest BCUT2D eigenvalue weighted by molar-refractivity contribution is 5.94. The van der Waals surface area contributed by atoms with E-state index in [-0.39, 0.29) is 35.3 Å². The largest absolute Gasteiger partial charge is 0.433 e. The number of carbonyl (C=O) groups is 1. The molecule has 1 aliphatic heterocycles. The van der Waals surface area contributed by atoms with Crippen LogP contribution in [0.25, 0.3) is 5.65 Å². The number of aromatic nitrogens is 3.